The lowest BCUT2D eigenvalue weighted by molar-refractivity contribution is 0.231. The van der Waals surface area contributed by atoms with Gasteiger partial charge in [-0.25, -0.2) is 13.8 Å². The van der Waals surface area contributed by atoms with Crippen LogP contribution in [0.4, 0.5) is 20.2 Å². The van der Waals surface area contributed by atoms with Crippen molar-refractivity contribution >= 4 is 28.8 Å². The molecule has 5 nitrogen and oxygen atoms in total. The summed E-state index contributed by atoms with van der Waals surface area (Å²) in [7, 11) is 0. The van der Waals surface area contributed by atoms with Crippen LogP contribution in [0.15, 0.2) is 41.5 Å². The fraction of sp³-hybridized carbons (Fsp3) is 0.158. The van der Waals surface area contributed by atoms with Gasteiger partial charge in [0.25, 0.3) is 0 Å². The Morgan fingerprint density at radius 3 is 2.70 bits per heavy atom. The van der Waals surface area contributed by atoms with Crippen LogP contribution in [0.3, 0.4) is 0 Å². The van der Waals surface area contributed by atoms with Gasteiger partial charge in [0.1, 0.15) is 23.0 Å². The Balaban J connectivity index is 1.92. The zero-order valence-corrected chi connectivity index (χ0v) is 15.2. The maximum absolute atomic E-state index is 14.5. The van der Waals surface area contributed by atoms with E-state index in [-0.39, 0.29) is 28.3 Å². The number of hydrogen-bond donors (Lipinski definition) is 2. The molecular weight excluding hydrogens is 374 g/mol. The Kier molecular flexibility index (Phi) is 4.31. The summed E-state index contributed by atoms with van der Waals surface area (Å²) in [5, 5.41) is 10.1. The number of aromatic amines is 1. The lowest BCUT2D eigenvalue weighted by Crippen LogP contribution is -2.16. The quantitative estimate of drug-likeness (QED) is 0.640. The normalized spacial score (nSPS) is 12.7. The van der Waals surface area contributed by atoms with Gasteiger partial charge >= 0.3 is 0 Å². The molecule has 27 heavy (non-hydrogen) atoms. The number of amidine groups is 1. The van der Waals surface area contributed by atoms with E-state index in [0.29, 0.717) is 22.6 Å². The molecule has 2 aromatic carbocycles. The first-order valence-electron chi connectivity index (χ1n) is 8.28. The number of aliphatic imine (C=N–C) groups is 1. The van der Waals surface area contributed by atoms with Gasteiger partial charge in [-0.15, -0.1) is 0 Å². The molecule has 0 spiro atoms. The van der Waals surface area contributed by atoms with Crippen molar-refractivity contribution in [2.45, 2.75) is 20.0 Å². The van der Waals surface area contributed by atoms with E-state index in [2.05, 4.69) is 20.5 Å². The second kappa shape index (κ2) is 6.66. The molecule has 8 heteroatoms. The number of anilines is 1. The molecule has 4 rings (SSSR count). The van der Waals surface area contributed by atoms with Crippen molar-refractivity contribution in [3.8, 4) is 17.0 Å². The van der Waals surface area contributed by atoms with Crippen LogP contribution >= 0.6 is 11.6 Å². The Morgan fingerprint density at radius 2 is 1.96 bits per heavy atom. The second-order valence-electron chi connectivity index (χ2n) is 6.30. The molecule has 0 radical (unpaired) electrons. The number of fused-ring (bicyclic) bond motifs is 3. The highest BCUT2D eigenvalue weighted by Gasteiger charge is 2.24. The van der Waals surface area contributed by atoms with E-state index in [1.54, 1.807) is 26.1 Å². The van der Waals surface area contributed by atoms with Crippen LogP contribution in [0.5, 0.6) is 5.75 Å². The molecule has 0 fully saturated rings. The number of aromatic nitrogens is 2. The largest absolute Gasteiger partial charge is 0.488 e. The monoisotopic (exact) mass is 388 g/mol. The summed E-state index contributed by atoms with van der Waals surface area (Å²) in [5.41, 5.74) is 1.96. The van der Waals surface area contributed by atoms with Crippen LogP contribution < -0.4 is 10.1 Å². The molecule has 0 amide bonds. The lowest BCUT2D eigenvalue weighted by Gasteiger charge is -2.16. The van der Waals surface area contributed by atoms with Gasteiger partial charge < -0.3 is 10.1 Å². The van der Waals surface area contributed by atoms with E-state index in [4.69, 9.17) is 16.3 Å². The number of rotatable bonds is 3. The lowest BCUT2D eigenvalue weighted by atomic mass is 10.1. The first-order chi connectivity index (χ1) is 12.9. The Hall–Kier alpha value is -2.93. The van der Waals surface area contributed by atoms with Crippen molar-refractivity contribution in [1.82, 2.24) is 10.2 Å². The maximum Gasteiger partial charge on any atom is 0.165 e. The predicted octanol–water partition coefficient (Wildman–Crippen LogP) is 5.30. The van der Waals surface area contributed by atoms with Gasteiger partial charge in [0.2, 0.25) is 0 Å². The van der Waals surface area contributed by atoms with Gasteiger partial charge in [0.15, 0.2) is 11.6 Å². The van der Waals surface area contributed by atoms with Crippen LogP contribution in [0.25, 0.3) is 11.3 Å². The minimum absolute atomic E-state index is 0.0780. The van der Waals surface area contributed by atoms with E-state index in [1.807, 2.05) is 0 Å². The van der Waals surface area contributed by atoms with Crippen LogP contribution in [-0.2, 0) is 0 Å². The summed E-state index contributed by atoms with van der Waals surface area (Å²) in [6.07, 6.45) is 1.34. The first kappa shape index (κ1) is 17.5. The molecule has 2 heterocycles. The van der Waals surface area contributed by atoms with Crippen LogP contribution in [0, 0.1) is 11.6 Å². The molecule has 2 N–H and O–H groups in total. The second-order valence-corrected chi connectivity index (χ2v) is 6.70. The number of nitrogens with one attached hydrogen (secondary N) is 2. The fourth-order valence-corrected chi connectivity index (χ4v) is 3.13. The summed E-state index contributed by atoms with van der Waals surface area (Å²) in [6, 6.07) is 7.22. The van der Waals surface area contributed by atoms with Crippen LogP contribution in [0.2, 0.25) is 5.02 Å². The zero-order chi connectivity index (χ0) is 19.1. The molecule has 0 saturated heterocycles. The molecule has 1 aromatic heterocycles. The Morgan fingerprint density at radius 1 is 1.15 bits per heavy atom. The third kappa shape index (κ3) is 3.14. The van der Waals surface area contributed by atoms with Gasteiger partial charge in [0, 0.05) is 17.8 Å². The third-order valence-electron chi connectivity index (χ3n) is 3.99. The molecule has 0 aliphatic carbocycles. The topological polar surface area (TPSA) is 62.3 Å². The SMILES string of the molecule is CC(C)Oc1cc2c(cc1F)-c1n[nH]cc1N=C(c1c(F)cccc1Cl)N2. The minimum atomic E-state index is -0.525. The Labute approximate surface area is 159 Å². The number of benzene rings is 2. The molecule has 0 bridgehead atoms. The minimum Gasteiger partial charge on any atom is -0.488 e. The highest BCUT2D eigenvalue weighted by atomic mass is 35.5. The molecular formula is C19H15ClF2N4O. The Bertz CT molecular complexity index is 1040. The van der Waals surface area contributed by atoms with Gasteiger partial charge in [-0.3, -0.25) is 5.10 Å². The van der Waals surface area contributed by atoms with E-state index in [0.717, 1.165) is 0 Å². The van der Waals surface area contributed by atoms with Crippen molar-refractivity contribution in [2.24, 2.45) is 4.99 Å². The van der Waals surface area contributed by atoms with Gasteiger partial charge in [-0.05, 0) is 32.0 Å². The number of halogens is 3. The van der Waals surface area contributed by atoms with Crippen molar-refractivity contribution < 1.29 is 13.5 Å². The van der Waals surface area contributed by atoms with E-state index >= 15 is 0 Å². The van der Waals surface area contributed by atoms with E-state index < -0.39 is 11.6 Å². The molecule has 1 aliphatic rings. The molecule has 0 unspecified atom stereocenters. The maximum atomic E-state index is 14.5. The van der Waals surface area contributed by atoms with Crippen molar-refractivity contribution in [2.75, 3.05) is 5.32 Å². The van der Waals surface area contributed by atoms with Crippen LogP contribution in [0.1, 0.15) is 19.4 Å². The zero-order valence-electron chi connectivity index (χ0n) is 14.5. The average molecular weight is 389 g/mol. The smallest absolute Gasteiger partial charge is 0.165 e. The summed E-state index contributed by atoms with van der Waals surface area (Å²) in [4.78, 5) is 4.45. The fourth-order valence-electron chi connectivity index (χ4n) is 2.88. The highest BCUT2D eigenvalue weighted by molar-refractivity contribution is 6.35. The highest BCUT2D eigenvalue weighted by Crippen LogP contribution is 2.40. The molecule has 138 valence electrons. The molecule has 0 atom stereocenters. The van der Waals surface area contributed by atoms with Crippen molar-refractivity contribution in [3.05, 3.63) is 58.7 Å². The van der Waals surface area contributed by atoms with Gasteiger partial charge in [-0.2, -0.15) is 5.10 Å². The molecule has 1 aliphatic heterocycles. The van der Waals surface area contributed by atoms with Gasteiger partial charge in [0.05, 0.1) is 22.4 Å². The van der Waals surface area contributed by atoms with Crippen molar-refractivity contribution in [1.29, 1.82) is 0 Å². The first-order valence-corrected chi connectivity index (χ1v) is 8.66. The average Bonchev–Trinajstić information content (AvgIpc) is 2.99. The molecule has 0 saturated carbocycles. The summed E-state index contributed by atoms with van der Waals surface area (Å²) >= 11 is 6.20. The molecule has 3 aromatic rings. The number of H-pyrrole nitrogens is 1. The number of hydrogen-bond acceptors (Lipinski definition) is 4. The van der Waals surface area contributed by atoms with Gasteiger partial charge in [-0.1, -0.05) is 17.7 Å². The number of nitrogens with zero attached hydrogens (tertiary/aromatic N) is 2. The predicted molar refractivity (Wildman–Crippen MR) is 101 cm³/mol. The summed E-state index contributed by atoms with van der Waals surface area (Å²) in [5.74, 6) is -0.774. The van der Waals surface area contributed by atoms with E-state index in [1.165, 1.54) is 24.3 Å². The van der Waals surface area contributed by atoms with E-state index in [9.17, 15) is 8.78 Å². The van der Waals surface area contributed by atoms with Crippen molar-refractivity contribution in [3.63, 3.8) is 0 Å². The third-order valence-corrected chi connectivity index (χ3v) is 4.31. The summed E-state index contributed by atoms with van der Waals surface area (Å²) in [6.45, 7) is 3.60. The number of ether oxygens (including phenoxy) is 1. The van der Waals surface area contributed by atoms with Crippen LogP contribution in [-0.4, -0.2) is 22.1 Å². The summed E-state index contributed by atoms with van der Waals surface area (Å²) < 4.78 is 34.5. The standard InChI is InChI=1S/C19H15ClF2N4O/c1-9(2)27-16-7-14-10(6-13(16)22)18-15(8-23-26-18)25-19(24-14)17-11(20)4-3-5-12(17)21/h3-9H,1-2H3,(H,23,26)(H,24,25).